The fraction of sp³-hybridized carbons (Fsp3) is 0.102. The molecule has 51 heavy (non-hydrogen) atoms. The van der Waals surface area contributed by atoms with Gasteiger partial charge in [0.15, 0.2) is 0 Å². The molecule has 1 aliphatic rings. The van der Waals surface area contributed by atoms with Gasteiger partial charge in [-0.15, -0.1) is 0 Å². The molecule has 0 unspecified atom stereocenters. The summed E-state index contributed by atoms with van der Waals surface area (Å²) in [5.41, 5.74) is 11.0. The van der Waals surface area contributed by atoms with Crippen molar-refractivity contribution >= 4 is 48.1 Å². The number of rotatable bonds is 6. The highest BCUT2D eigenvalue weighted by molar-refractivity contribution is 7.10. The van der Waals surface area contributed by atoms with Gasteiger partial charge in [-0.3, -0.25) is 0 Å². The number of hydrogen-bond acceptors (Lipinski definition) is 0. The molecular formula is C49H42Si2. The van der Waals surface area contributed by atoms with Gasteiger partial charge in [-0.2, -0.15) is 0 Å². The van der Waals surface area contributed by atoms with E-state index in [1.54, 1.807) is 0 Å². The van der Waals surface area contributed by atoms with Crippen molar-refractivity contribution < 1.29 is 0 Å². The number of hydrogen-bond donors (Lipinski definition) is 0. The summed E-state index contributed by atoms with van der Waals surface area (Å²) in [6.07, 6.45) is 0. The van der Waals surface area contributed by atoms with E-state index in [-0.39, 0.29) is 4.66 Å². The minimum Gasteiger partial charge on any atom is -0.0647 e. The van der Waals surface area contributed by atoms with Crippen molar-refractivity contribution in [3.63, 3.8) is 0 Å². The Morgan fingerprint density at radius 1 is 0.333 bits per heavy atom. The van der Waals surface area contributed by atoms with Crippen LogP contribution in [0.5, 0.6) is 0 Å². The van der Waals surface area contributed by atoms with Crippen LogP contribution in [0.25, 0.3) is 54.9 Å². The molecule has 2 heteroatoms. The number of fused-ring (bicyclic) bond motifs is 5. The van der Waals surface area contributed by atoms with Crippen molar-refractivity contribution in [3.05, 3.63) is 193 Å². The largest absolute Gasteiger partial charge is 0.0938 e. The second kappa shape index (κ2) is 11.9. The van der Waals surface area contributed by atoms with Crippen molar-refractivity contribution in [2.45, 2.75) is 30.8 Å². The molecule has 0 aliphatic heterocycles. The van der Waals surface area contributed by atoms with Gasteiger partial charge in [0.1, 0.15) is 0 Å². The molecule has 0 saturated carbocycles. The maximum absolute atomic E-state index is 2.65. The molecule has 0 aromatic heterocycles. The van der Waals surface area contributed by atoms with Gasteiger partial charge in [0, 0.05) is 4.66 Å². The molecular weight excluding hydrogens is 645 g/mol. The lowest BCUT2D eigenvalue weighted by Crippen LogP contribution is -2.74. The van der Waals surface area contributed by atoms with E-state index in [0.29, 0.717) is 0 Å². The summed E-state index contributed by atoms with van der Waals surface area (Å²) >= 11 is 0. The van der Waals surface area contributed by atoms with Gasteiger partial charge >= 0.3 is 0 Å². The van der Waals surface area contributed by atoms with E-state index in [0.717, 1.165) is 0 Å². The fourth-order valence-corrected chi connectivity index (χ4v) is 23.6. The van der Waals surface area contributed by atoms with E-state index in [1.807, 2.05) is 0 Å². The summed E-state index contributed by atoms with van der Waals surface area (Å²) in [6, 6.07) is 68.9. The minimum atomic E-state index is -2.34. The highest BCUT2D eigenvalue weighted by atomic mass is 28.4. The first-order valence-corrected chi connectivity index (χ1v) is 24.2. The molecule has 0 bridgehead atoms. The second-order valence-electron chi connectivity index (χ2n) is 15.2. The topological polar surface area (TPSA) is 0 Å². The van der Waals surface area contributed by atoms with Gasteiger partial charge in [-0.1, -0.05) is 219 Å². The Hall–Kier alpha value is -5.29. The van der Waals surface area contributed by atoms with Crippen LogP contribution < -0.4 is 10.4 Å². The maximum Gasteiger partial charge on any atom is 0.0938 e. The van der Waals surface area contributed by atoms with Crippen LogP contribution in [0.2, 0.25) is 26.2 Å². The summed E-state index contributed by atoms with van der Waals surface area (Å²) in [7, 11) is -4.68. The molecule has 0 heterocycles. The molecule has 246 valence electrons. The van der Waals surface area contributed by atoms with Crippen LogP contribution in [0.4, 0.5) is 0 Å². The SMILES string of the molecule is C[Si](C)(c1ccccc1)C1([Si](C)(C)c2ccccc2)c2ccccc2-c2ccc(-c3c4ccccc4c(-c4ccccc4)c4ccccc34)cc21. The first kappa shape index (κ1) is 31.7. The molecule has 8 aromatic rings. The van der Waals surface area contributed by atoms with E-state index in [2.05, 4.69) is 208 Å². The molecule has 0 N–H and O–H groups in total. The fourth-order valence-electron chi connectivity index (χ4n) is 10.1. The van der Waals surface area contributed by atoms with Crippen LogP contribution >= 0.6 is 0 Å². The number of benzene rings is 8. The van der Waals surface area contributed by atoms with Gasteiger partial charge in [0.25, 0.3) is 0 Å². The lowest BCUT2D eigenvalue weighted by molar-refractivity contribution is 0.969. The third kappa shape index (κ3) is 4.50. The van der Waals surface area contributed by atoms with Gasteiger partial charge < -0.3 is 0 Å². The Bertz CT molecular complexity index is 2460. The van der Waals surface area contributed by atoms with E-state index in [4.69, 9.17) is 0 Å². The quantitative estimate of drug-likeness (QED) is 0.121. The molecule has 0 spiro atoms. The van der Waals surface area contributed by atoms with Crippen molar-refractivity contribution in [2.75, 3.05) is 0 Å². The summed E-state index contributed by atoms with van der Waals surface area (Å²) < 4.78 is -0.139. The molecule has 0 amide bonds. The van der Waals surface area contributed by atoms with Gasteiger partial charge in [0.2, 0.25) is 0 Å². The van der Waals surface area contributed by atoms with Crippen LogP contribution in [0.1, 0.15) is 11.1 Å². The highest BCUT2D eigenvalue weighted by Crippen LogP contribution is 2.58. The average Bonchev–Trinajstić information content (AvgIpc) is 3.49. The summed E-state index contributed by atoms with van der Waals surface area (Å²) in [4.78, 5) is 0. The van der Waals surface area contributed by atoms with Crippen LogP contribution in [0, 0.1) is 0 Å². The molecule has 9 rings (SSSR count). The molecule has 0 fully saturated rings. The lowest BCUT2D eigenvalue weighted by atomic mass is 9.85. The van der Waals surface area contributed by atoms with E-state index in [1.165, 1.54) is 76.4 Å². The summed E-state index contributed by atoms with van der Waals surface area (Å²) in [5, 5.41) is 8.22. The van der Waals surface area contributed by atoms with E-state index < -0.39 is 16.1 Å². The monoisotopic (exact) mass is 686 g/mol. The normalized spacial score (nSPS) is 13.6. The zero-order valence-electron chi connectivity index (χ0n) is 29.8. The molecule has 0 atom stereocenters. The Labute approximate surface area is 304 Å². The van der Waals surface area contributed by atoms with Crippen molar-refractivity contribution in [1.82, 2.24) is 0 Å². The predicted octanol–water partition coefficient (Wildman–Crippen LogP) is 11.9. The first-order chi connectivity index (χ1) is 24.9. The Kier molecular flexibility index (Phi) is 7.40. The maximum atomic E-state index is 2.65. The Morgan fingerprint density at radius 2 is 0.725 bits per heavy atom. The van der Waals surface area contributed by atoms with Crippen molar-refractivity contribution in [2.24, 2.45) is 0 Å². The van der Waals surface area contributed by atoms with Gasteiger partial charge in [0.05, 0.1) is 16.1 Å². The first-order valence-electron chi connectivity index (χ1n) is 18.2. The third-order valence-corrected chi connectivity index (χ3v) is 24.3. The Morgan fingerprint density at radius 3 is 1.24 bits per heavy atom. The second-order valence-corrected chi connectivity index (χ2v) is 24.9. The molecule has 0 saturated heterocycles. The smallest absolute Gasteiger partial charge is 0.0647 e. The van der Waals surface area contributed by atoms with Crippen molar-refractivity contribution in [3.8, 4) is 33.4 Å². The lowest BCUT2D eigenvalue weighted by Gasteiger charge is -2.54. The Balaban J connectivity index is 1.42. The van der Waals surface area contributed by atoms with Crippen LogP contribution in [-0.2, 0) is 4.66 Å². The van der Waals surface area contributed by atoms with E-state index >= 15 is 0 Å². The van der Waals surface area contributed by atoms with Crippen LogP contribution in [-0.4, -0.2) is 16.1 Å². The third-order valence-electron chi connectivity index (χ3n) is 12.2. The zero-order chi connectivity index (χ0) is 34.8. The van der Waals surface area contributed by atoms with E-state index in [9.17, 15) is 0 Å². The van der Waals surface area contributed by atoms with Crippen molar-refractivity contribution in [1.29, 1.82) is 0 Å². The molecule has 0 radical (unpaired) electrons. The van der Waals surface area contributed by atoms with Crippen LogP contribution in [0.15, 0.2) is 182 Å². The van der Waals surface area contributed by atoms with Gasteiger partial charge in [-0.25, -0.2) is 0 Å². The predicted molar refractivity (Wildman–Crippen MR) is 226 cm³/mol. The van der Waals surface area contributed by atoms with Gasteiger partial charge in [-0.05, 0) is 66.1 Å². The highest BCUT2D eigenvalue weighted by Gasteiger charge is 2.63. The molecule has 0 nitrogen and oxygen atoms in total. The summed E-state index contributed by atoms with van der Waals surface area (Å²) in [6.45, 7) is 10.6. The molecule has 8 aromatic carbocycles. The standard InChI is InChI=1S/C49H42Si2/c1-50(2,37-22-10-6-11-23-37)49(51(3,4)38-24-12-7-13-25-38)45-31-19-18-26-39(45)40-33-32-36(34-46(40)49)48-43-29-16-14-27-41(43)47(35-20-8-5-9-21-35)42-28-15-17-30-44(42)48/h5-34H,1-4H3. The average molecular weight is 687 g/mol. The minimum absolute atomic E-state index is 0.139. The molecule has 1 aliphatic carbocycles. The van der Waals surface area contributed by atoms with Crippen LogP contribution in [0.3, 0.4) is 0 Å². The zero-order valence-corrected chi connectivity index (χ0v) is 31.8. The summed E-state index contributed by atoms with van der Waals surface area (Å²) in [5.74, 6) is 0.